The average molecular weight is 473 g/mol. The molecule has 1 atom stereocenters. The summed E-state index contributed by atoms with van der Waals surface area (Å²) < 4.78 is 19.7. The number of fused-ring (bicyclic) bond motifs is 1. The molecule has 2 aliphatic rings. The van der Waals surface area contributed by atoms with Crippen LogP contribution in [0.25, 0.3) is 10.9 Å². The second kappa shape index (κ2) is 9.75. The lowest BCUT2D eigenvalue weighted by atomic mass is 10.1. The minimum atomic E-state index is -2.26. The molecule has 9 heteroatoms. The van der Waals surface area contributed by atoms with Gasteiger partial charge in [-0.1, -0.05) is 0 Å². The van der Waals surface area contributed by atoms with Crippen LogP contribution in [0.1, 0.15) is 50.1 Å². The summed E-state index contributed by atoms with van der Waals surface area (Å²) in [6.07, 6.45) is 2.10. The topological polar surface area (TPSA) is 102 Å². The third kappa shape index (κ3) is 4.88. The summed E-state index contributed by atoms with van der Waals surface area (Å²) in [7, 11) is 0. The molecule has 0 bridgehead atoms. The van der Waals surface area contributed by atoms with E-state index in [1.54, 1.807) is 17.6 Å². The van der Waals surface area contributed by atoms with E-state index in [1.807, 2.05) is 18.2 Å². The molecular formula is C24H32N4O4S. The number of carbonyl (C=O) groups is 2. The van der Waals surface area contributed by atoms with Crippen molar-refractivity contribution < 1.29 is 18.9 Å². The minimum absolute atomic E-state index is 0.136. The number of carbonyl (C=O) groups excluding carboxylic acids is 2. The quantitative estimate of drug-likeness (QED) is 0.618. The van der Waals surface area contributed by atoms with Crippen molar-refractivity contribution in [2.45, 2.75) is 51.8 Å². The van der Waals surface area contributed by atoms with E-state index in [2.05, 4.69) is 24.8 Å². The van der Waals surface area contributed by atoms with Gasteiger partial charge < -0.3 is 23.7 Å². The first-order chi connectivity index (χ1) is 15.8. The monoisotopic (exact) mass is 472 g/mol. The number of aromatic nitrogens is 1. The maximum Gasteiger partial charge on any atom is 0.271 e. The number of hydrogen-bond acceptors (Lipinski definition) is 6. The lowest BCUT2D eigenvalue weighted by Crippen LogP contribution is -2.47. The molecule has 2 fully saturated rings. The van der Waals surface area contributed by atoms with Gasteiger partial charge in [-0.3, -0.25) is 4.79 Å². The van der Waals surface area contributed by atoms with E-state index in [4.69, 9.17) is 4.74 Å². The van der Waals surface area contributed by atoms with Crippen LogP contribution in [-0.2, 0) is 16.0 Å². The van der Waals surface area contributed by atoms with E-state index < -0.39 is 17.2 Å². The predicted molar refractivity (Wildman–Crippen MR) is 129 cm³/mol. The highest BCUT2D eigenvalue weighted by molar-refractivity contribution is 8.06. The molecule has 0 aliphatic carbocycles. The van der Waals surface area contributed by atoms with Crippen molar-refractivity contribution >= 4 is 33.1 Å². The summed E-state index contributed by atoms with van der Waals surface area (Å²) >= 11 is -2.26. The van der Waals surface area contributed by atoms with Crippen LogP contribution in [0, 0.1) is 11.3 Å². The Bertz CT molecular complexity index is 1080. The van der Waals surface area contributed by atoms with Crippen molar-refractivity contribution in [3.8, 4) is 11.8 Å². The number of likely N-dealkylation sites (tertiary alicyclic amines) is 1. The molecule has 0 spiro atoms. The molecule has 2 saturated heterocycles. The van der Waals surface area contributed by atoms with Crippen LogP contribution >= 0.6 is 0 Å². The predicted octanol–water partition coefficient (Wildman–Crippen LogP) is 2.17. The van der Waals surface area contributed by atoms with Crippen molar-refractivity contribution in [3.63, 3.8) is 0 Å². The first-order valence-electron chi connectivity index (χ1n) is 11.6. The first kappa shape index (κ1) is 23.6. The Morgan fingerprint density at radius 2 is 1.94 bits per heavy atom. The zero-order chi connectivity index (χ0) is 23.7. The zero-order valence-corrected chi connectivity index (χ0v) is 20.4. The van der Waals surface area contributed by atoms with Gasteiger partial charge in [0, 0.05) is 24.5 Å². The van der Waals surface area contributed by atoms with Crippen LogP contribution in [0.2, 0.25) is 0 Å². The van der Waals surface area contributed by atoms with E-state index in [1.165, 1.54) is 4.90 Å². The molecule has 2 aliphatic heterocycles. The summed E-state index contributed by atoms with van der Waals surface area (Å²) in [6.45, 7) is 8.34. The van der Waals surface area contributed by atoms with E-state index in [0.29, 0.717) is 11.7 Å². The number of benzene rings is 1. The van der Waals surface area contributed by atoms with Gasteiger partial charge >= 0.3 is 0 Å². The van der Waals surface area contributed by atoms with E-state index in [9.17, 15) is 19.4 Å². The maximum absolute atomic E-state index is 13.3. The van der Waals surface area contributed by atoms with Crippen molar-refractivity contribution in [1.82, 2.24) is 14.4 Å². The van der Waals surface area contributed by atoms with Gasteiger partial charge in [0.15, 0.2) is 0 Å². The fourth-order valence-corrected chi connectivity index (χ4v) is 5.80. The molecule has 1 aromatic carbocycles. The fourth-order valence-electron chi connectivity index (χ4n) is 4.68. The van der Waals surface area contributed by atoms with Crippen LogP contribution in [0.3, 0.4) is 0 Å². The standard InChI is InChI=1S/C24H32N4O4S/c1-16(2)26-8-6-19(7-9-26)32-20-4-5-21-18(12-20)13-22(28(21)17(3)14-25)24(30)27-10-11-33(31)23(29)15-27/h4-5,12-13,16-17,19H,6-11,15,33H2,1-3H3/t17-/m0/s1. The van der Waals surface area contributed by atoms with Gasteiger partial charge in [0.2, 0.25) is 0 Å². The summed E-state index contributed by atoms with van der Waals surface area (Å²) in [5.41, 5.74) is 1.13. The van der Waals surface area contributed by atoms with Crippen molar-refractivity contribution in [2.24, 2.45) is 0 Å². The van der Waals surface area contributed by atoms with Gasteiger partial charge in [-0.2, -0.15) is 5.26 Å². The van der Waals surface area contributed by atoms with Crippen LogP contribution in [0.15, 0.2) is 24.3 Å². The molecule has 178 valence electrons. The van der Waals surface area contributed by atoms with Crippen molar-refractivity contribution in [3.05, 3.63) is 30.0 Å². The first-order valence-corrected chi connectivity index (χ1v) is 13.2. The fraction of sp³-hybridized carbons (Fsp3) is 0.542. The average Bonchev–Trinajstić information content (AvgIpc) is 3.19. The number of ether oxygens (including phenoxy) is 1. The summed E-state index contributed by atoms with van der Waals surface area (Å²) in [5, 5.41) is 10.0. The Morgan fingerprint density at radius 1 is 1.21 bits per heavy atom. The Morgan fingerprint density at radius 3 is 2.58 bits per heavy atom. The molecule has 0 saturated carbocycles. The van der Waals surface area contributed by atoms with Gasteiger partial charge in [0.25, 0.3) is 11.0 Å². The van der Waals surface area contributed by atoms with Crippen LogP contribution in [0.4, 0.5) is 0 Å². The van der Waals surface area contributed by atoms with Crippen LogP contribution in [0.5, 0.6) is 5.75 Å². The Kier molecular flexibility index (Phi) is 6.98. The molecule has 0 N–H and O–H groups in total. The molecule has 0 radical (unpaired) electrons. The number of nitriles is 1. The van der Waals surface area contributed by atoms with Crippen molar-refractivity contribution in [2.75, 3.05) is 31.9 Å². The van der Waals surface area contributed by atoms with Gasteiger partial charge in [-0.05, 0) is 57.9 Å². The second-order valence-corrected chi connectivity index (χ2v) is 11.1. The zero-order valence-electron chi connectivity index (χ0n) is 19.4. The highest BCUT2D eigenvalue weighted by Crippen LogP contribution is 2.30. The molecule has 4 rings (SSSR count). The Balaban J connectivity index is 1.58. The largest absolute Gasteiger partial charge is 0.682 e. The summed E-state index contributed by atoms with van der Waals surface area (Å²) in [4.78, 5) is 29.1. The number of amides is 1. The number of piperidine rings is 1. The van der Waals surface area contributed by atoms with Gasteiger partial charge in [0.1, 0.15) is 30.1 Å². The van der Waals surface area contributed by atoms with E-state index in [0.717, 1.165) is 42.6 Å². The Labute approximate surface area is 197 Å². The second-order valence-electron chi connectivity index (χ2n) is 9.20. The summed E-state index contributed by atoms with van der Waals surface area (Å²) in [6, 6.07) is 9.65. The molecule has 1 aromatic heterocycles. The molecule has 3 heterocycles. The maximum atomic E-state index is 13.3. The van der Waals surface area contributed by atoms with E-state index >= 15 is 0 Å². The highest BCUT2D eigenvalue weighted by Gasteiger charge is 2.30. The molecule has 0 unspecified atom stereocenters. The SMILES string of the molecule is CC(C)N1CCC(Oc2ccc3c(c2)cc(C(=O)N2CC[SH2+]([O-])C(=O)C2)n3[C@@H](C)C#N)CC1. The molecule has 2 aromatic rings. The Hall–Kier alpha value is -2.54. The minimum Gasteiger partial charge on any atom is -0.682 e. The summed E-state index contributed by atoms with van der Waals surface area (Å²) in [5.74, 6) is 0.648. The normalized spacial score (nSPS) is 20.3. The van der Waals surface area contributed by atoms with Crippen LogP contribution < -0.4 is 4.74 Å². The third-order valence-corrected chi connectivity index (χ3v) is 8.11. The molecule has 1 amide bonds. The number of nitrogens with zero attached hydrogens (tertiary/aromatic N) is 4. The van der Waals surface area contributed by atoms with Crippen LogP contribution in [-0.4, -0.2) is 74.0 Å². The lowest BCUT2D eigenvalue weighted by molar-refractivity contribution is -0.112. The number of hydrogen-bond donors (Lipinski definition) is 0. The molecule has 33 heavy (non-hydrogen) atoms. The molecular weight excluding hydrogens is 440 g/mol. The van der Waals surface area contributed by atoms with Gasteiger partial charge in [-0.25, -0.2) is 16.0 Å². The van der Waals surface area contributed by atoms with Gasteiger partial charge in [0.05, 0.1) is 23.9 Å². The number of rotatable bonds is 5. The van der Waals surface area contributed by atoms with E-state index in [-0.39, 0.29) is 36.0 Å². The molecule has 8 nitrogen and oxygen atoms in total. The highest BCUT2D eigenvalue weighted by atomic mass is 32.2. The van der Waals surface area contributed by atoms with Crippen molar-refractivity contribution in [1.29, 1.82) is 5.26 Å². The third-order valence-electron chi connectivity index (χ3n) is 6.65. The smallest absolute Gasteiger partial charge is 0.271 e. The lowest BCUT2D eigenvalue weighted by Gasteiger charge is -2.34. The van der Waals surface area contributed by atoms with Gasteiger partial charge in [-0.15, -0.1) is 0 Å².